The maximum Gasteiger partial charge on any atom is 0.127 e. The molecule has 1 N–H and O–H groups in total. The Morgan fingerprint density at radius 3 is 2.94 bits per heavy atom. The number of piperidine rings is 1. The van der Waals surface area contributed by atoms with E-state index in [1.807, 2.05) is 6.07 Å². The Balaban J connectivity index is 2.09. The van der Waals surface area contributed by atoms with Crippen molar-refractivity contribution in [3.8, 4) is 0 Å². The summed E-state index contributed by atoms with van der Waals surface area (Å²) in [6, 6.07) is 3.52. The van der Waals surface area contributed by atoms with E-state index in [1.54, 1.807) is 13.0 Å². The van der Waals surface area contributed by atoms with Crippen LogP contribution in [0.3, 0.4) is 0 Å². The highest BCUT2D eigenvalue weighted by molar-refractivity contribution is 6.31. The number of nitrogens with one attached hydrogen (secondary N) is 1. The third kappa shape index (κ3) is 2.74. The first kappa shape index (κ1) is 11.9. The largest absolute Gasteiger partial charge is 0.316 e. The molecule has 1 fully saturated rings. The van der Waals surface area contributed by atoms with Gasteiger partial charge in [0.1, 0.15) is 5.82 Å². The minimum atomic E-state index is -0.189. The summed E-state index contributed by atoms with van der Waals surface area (Å²) >= 11 is 5.98. The lowest BCUT2D eigenvalue weighted by molar-refractivity contribution is 0.375. The molecule has 1 aromatic rings. The minimum absolute atomic E-state index is 0.189. The second kappa shape index (κ2) is 5.15. The molecule has 0 aromatic heterocycles. The van der Waals surface area contributed by atoms with Gasteiger partial charge in [-0.15, -0.1) is 0 Å². The maximum atomic E-state index is 13.5. The van der Waals surface area contributed by atoms with Gasteiger partial charge in [-0.1, -0.05) is 11.6 Å². The highest BCUT2D eigenvalue weighted by atomic mass is 35.5. The topological polar surface area (TPSA) is 12.0 Å². The molecule has 0 aliphatic carbocycles. The fourth-order valence-electron chi connectivity index (χ4n) is 2.25. The van der Waals surface area contributed by atoms with E-state index in [1.165, 1.54) is 12.8 Å². The highest BCUT2D eigenvalue weighted by Gasteiger charge is 2.14. The van der Waals surface area contributed by atoms with Gasteiger partial charge in [0.25, 0.3) is 0 Å². The van der Waals surface area contributed by atoms with Gasteiger partial charge in [-0.2, -0.15) is 0 Å². The van der Waals surface area contributed by atoms with Crippen LogP contribution in [-0.2, 0) is 6.42 Å². The second-order valence-electron chi connectivity index (χ2n) is 4.60. The van der Waals surface area contributed by atoms with Gasteiger partial charge in [-0.25, -0.2) is 4.39 Å². The van der Waals surface area contributed by atoms with Crippen molar-refractivity contribution < 1.29 is 4.39 Å². The van der Waals surface area contributed by atoms with E-state index in [0.29, 0.717) is 16.5 Å². The number of benzene rings is 1. The zero-order valence-electron chi connectivity index (χ0n) is 9.52. The average Bonchev–Trinajstić information content (AvgIpc) is 2.27. The minimum Gasteiger partial charge on any atom is -0.316 e. The third-order valence-corrected chi connectivity index (χ3v) is 3.66. The lowest BCUT2D eigenvalue weighted by Crippen LogP contribution is -2.30. The van der Waals surface area contributed by atoms with Crippen molar-refractivity contribution >= 4 is 11.6 Å². The summed E-state index contributed by atoms with van der Waals surface area (Å²) in [5.74, 6) is 0.429. The zero-order valence-corrected chi connectivity index (χ0v) is 10.3. The lowest BCUT2D eigenvalue weighted by atomic mass is 9.92. The predicted molar refractivity (Wildman–Crippen MR) is 65.4 cm³/mol. The van der Waals surface area contributed by atoms with E-state index in [0.717, 1.165) is 25.1 Å². The molecule has 88 valence electrons. The maximum absolute atomic E-state index is 13.5. The SMILES string of the molecule is Cc1c(F)cc(CC2CCCNC2)cc1Cl. The van der Waals surface area contributed by atoms with Crippen molar-refractivity contribution in [2.75, 3.05) is 13.1 Å². The molecule has 2 rings (SSSR count). The predicted octanol–water partition coefficient (Wildman–Crippen LogP) is 3.33. The first-order valence-corrected chi connectivity index (χ1v) is 6.20. The molecule has 1 unspecified atom stereocenters. The van der Waals surface area contributed by atoms with Crippen molar-refractivity contribution in [2.45, 2.75) is 26.2 Å². The number of halogens is 2. The summed E-state index contributed by atoms with van der Waals surface area (Å²) in [5.41, 5.74) is 1.56. The quantitative estimate of drug-likeness (QED) is 0.838. The summed E-state index contributed by atoms with van der Waals surface area (Å²) in [5, 5.41) is 3.91. The summed E-state index contributed by atoms with van der Waals surface area (Å²) in [4.78, 5) is 0. The molecule has 0 spiro atoms. The molecule has 1 atom stereocenters. The number of hydrogen-bond acceptors (Lipinski definition) is 1. The molecule has 0 saturated carbocycles. The normalized spacial score (nSPS) is 21.1. The molecule has 3 heteroatoms. The van der Waals surface area contributed by atoms with Crippen LogP contribution in [0.4, 0.5) is 4.39 Å². The van der Waals surface area contributed by atoms with Gasteiger partial charge < -0.3 is 5.32 Å². The molecular weight excluding hydrogens is 225 g/mol. The van der Waals surface area contributed by atoms with Crippen molar-refractivity contribution in [1.82, 2.24) is 5.32 Å². The Kier molecular flexibility index (Phi) is 3.82. The van der Waals surface area contributed by atoms with Gasteiger partial charge in [0, 0.05) is 10.6 Å². The van der Waals surface area contributed by atoms with E-state index in [2.05, 4.69) is 5.32 Å². The van der Waals surface area contributed by atoms with E-state index in [-0.39, 0.29) is 5.82 Å². The molecule has 1 heterocycles. The van der Waals surface area contributed by atoms with Gasteiger partial charge >= 0.3 is 0 Å². The smallest absolute Gasteiger partial charge is 0.127 e. The average molecular weight is 242 g/mol. The number of rotatable bonds is 2. The summed E-state index contributed by atoms with van der Waals surface area (Å²) in [6.07, 6.45) is 3.36. The van der Waals surface area contributed by atoms with Crippen LogP contribution in [0.15, 0.2) is 12.1 Å². The fourth-order valence-corrected chi connectivity index (χ4v) is 2.48. The first-order valence-electron chi connectivity index (χ1n) is 5.82. The molecule has 0 amide bonds. The molecule has 0 bridgehead atoms. The Labute approximate surface area is 101 Å². The van der Waals surface area contributed by atoms with Crippen LogP contribution < -0.4 is 5.32 Å². The van der Waals surface area contributed by atoms with Crippen molar-refractivity contribution in [3.63, 3.8) is 0 Å². The second-order valence-corrected chi connectivity index (χ2v) is 5.01. The zero-order chi connectivity index (χ0) is 11.5. The van der Waals surface area contributed by atoms with Gasteiger partial charge in [0.2, 0.25) is 0 Å². The Morgan fingerprint density at radius 2 is 2.31 bits per heavy atom. The molecule has 1 saturated heterocycles. The highest BCUT2D eigenvalue weighted by Crippen LogP contribution is 2.23. The van der Waals surface area contributed by atoms with Gasteiger partial charge in [0.15, 0.2) is 0 Å². The van der Waals surface area contributed by atoms with E-state index < -0.39 is 0 Å². The van der Waals surface area contributed by atoms with Crippen LogP contribution in [-0.4, -0.2) is 13.1 Å². The van der Waals surface area contributed by atoms with E-state index >= 15 is 0 Å². The molecule has 1 nitrogen and oxygen atoms in total. The van der Waals surface area contributed by atoms with Crippen molar-refractivity contribution in [3.05, 3.63) is 34.1 Å². The Hall–Kier alpha value is -0.600. The van der Waals surface area contributed by atoms with Crippen LogP contribution in [0, 0.1) is 18.7 Å². The van der Waals surface area contributed by atoms with Gasteiger partial charge in [-0.3, -0.25) is 0 Å². The summed E-state index contributed by atoms with van der Waals surface area (Å²) in [6.45, 7) is 3.86. The molecule has 1 aromatic carbocycles. The summed E-state index contributed by atoms with van der Waals surface area (Å²) < 4.78 is 13.5. The van der Waals surface area contributed by atoms with Crippen LogP contribution in [0.1, 0.15) is 24.0 Å². The Morgan fingerprint density at radius 1 is 1.50 bits per heavy atom. The standard InChI is InChI=1S/C13H17ClFN/c1-9-12(14)6-11(7-13(9)15)5-10-3-2-4-16-8-10/h6-7,10,16H,2-5,8H2,1H3. The first-order chi connectivity index (χ1) is 7.66. The van der Waals surface area contributed by atoms with Crippen LogP contribution in [0.5, 0.6) is 0 Å². The van der Waals surface area contributed by atoms with Crippen molar-refractivity contribution in [1.29, 1.82) is 0 Å². The van der Waals surface area contributed by atoms with Gasteiger partial charge in [0.05, 0.1) is 0 Å². The van der Waals surface area contributed by atoms with Crippen LogP contribution >= 0.6 is 11.6 Å². The lowest BCUT2D eigenvalue weighted by Gasteiger charge is -2.22. The molecule has 1 aliphatic rings. The molecule has 0 radical (unpaired) electrons. The van der Waals surface area contributed by atoms with E-state index in [9.17, 15) is 4.39 Å². The number of hydrogen-bond donors (Lipinski definition) is 1. The summed E-state index contributed by atoms with van der Waals surface area (Å²) in [7, 11) is 0. The molecule has 16 heavy (non-hydrogen) atoms. The molecule has 1 aliphatic heterocycles. The third-order valence-electron chi connectivity index (χ3n) is 3.26. The van der Waals surface area contributed by atoms with Crippen LogP contribution in [0.25, 0.3) is 0 Å². The van der Waals surface area contributed by atoms with Crippen LogP contribution in [0.2, 0.25) is 5.02 Å². The monoisotopic (exact) mass is 241 g/mol. The van der Waals surface area contributed by atoms with Crippen molar-refractivity contribution in [2.24, 2.45) is 5.92 Å². The van der Waals surface area contributed by atoms with E-state index in [4.69, 9.17) is 11.6 Å². The molecular formula is C13H17ClFN. The van der Waals surface area contributed by atoms with Gasteiger partial charge in [-0.05, 0) is 62.9 Å². The fraction of sp³-hybridized carbons (Fsp3) is 0.538. The Bertz CT molecular complexity index is 349.